The predicted octanol–water partition coefficient (Wildman–Crippen LogP) is 1.60. The Morgan fingerprint density at radius 2 is 1.71 bits per heavy atom. The van der Waals surface area contributed by atoms with E-state index in [1.807, 2.05) is 18.2 Å². The van der Waals surface area contributed by atoms with Crippen molar-refractivity contribution in [1.29, 1.82) is 0 Å². The van der Waals surface area contributed by atoms with Gasteiger partial charge in [0.15, 0.2) is 0 Å². The number of alkyl carbamates (subject to hydrolysis) is 1. The first-order valence-corrected chi connectivity index (χ1v) is 11.3. The minimum Gasteiger partial charge on any atom is -0.462 e. The van der Waals surface area contributed by atoms with Gasteiger partial charge in [0.05, 0.1) is 19.1 Å². The van der Waals surface area contributed by atoms with Crippen LogP contribution < -0.4 is 16.0 Å². The van der Waals surface area contributed by atoms with E-state index >= 15 is 0 Å². The molecule has 1 rings (SSSR count). The smallest absolute Gasteiger partial charge is 0.408 e. The monoisotopic (exact) mass is 489 g/mol. The lowest BCUT2D eigenvalue weighted by Crippen LogP contribution is -2.43. The average molecular weight is 490 g/mol. The molecule has 0 unspecified atom stereocenters. The number of benzene rings is 1. The van der Waals surface area contributed by atoms with E-state index in [1.165, 1.54) is 12.2 Å². The molecule has 3 amide bonds. The van der Waals surface area contributed by atoms with E-state index < -0.39 is 36.0 Å². The maximum atomic E-state index is 12.4. The lowest BCUT2D eigenvalue weighted by molar-refractivity contribution is -0.146. The summed E-state index contributed by atoms with van der Waals surface area (Å²) in [6.45, 7) is 8.56. The third-order valence-corrected chi connectivity index (χ3v) is 4.77. The second-order valence-corrected chi connectivity index (χ2v) is 7.82. The number of aliphatic hydroxyl groups excluding tert-OH is 1. The predicted molar refractivity (Wildman–Crippen MR) is 130 cm³/mol. The van der Waals surface area contributed by atoms with Crippen LogP contribution >= 0.6 is 0 Å². The van der Waals surface area contributed by atoms with Gasteiger partial charge in [0.25, 0.3) is 0 Å². The molecule has 0 aromatic heterocycles. The molecular formula is C25H35N3O7. The molecule has 0 aliphatic heterocycles. The van der Waals surface area contributed by atoms with Crippen LogP contribution in [0, 0.1) is 5.92 Å². The molecule has 10 heteroatoms. The van der Waals surface area contributed by atoms with Gasteiger partial charge in [-0.2, -0.15) is 0 Å². The van der Waals surface area contributed by atoms with Gasteiger partial charge in [0.2, 0.25) is 11.8 Å². The van der Waals surface area contributed by atoms with Gasteiger partial charge in [0.1, 0.15) is 19.3 Å². The molecule has 0 aliphatic rings. The number of carbonyl (C=O) groups excluding carboxylic acids is 4. The second kappa shape index (κ2) is 16.9. The molecule has 0 spiro atoms. The Hall–Kier alpha value is -3.66. The van der Waals surface area contributed by atoms with Crippen molar-refractivity contribution in [1.82, 2.24) is 16.0 Å². The average Bonchev–Trinajstić information content (AvgIpc) is 2.85. The van der Waals surface area contributed by atoms with E-state index in [0.717, 1.165) is 5.56 Å². The first-order valence-electron chi connectivity index (χ1n) is 11.3. The van der Waals surface area contributed by atoms with Crippen molar-refractivity contribution in [3.05, 3.63) is 61.2 Å². The summed E-state index contributed by atoms with van der Waals surface area (Å²) in [5.41, 5.74) is 0.802. The zero-order valence-electron chi connectivity index (χ0n) is 20.0. The molecule has 1 aromatic rings. The summed E-state index contributed by atoms with van der Waals surface area (Å²) < 4.78 is 10.3. The number of amides is 3. The summed E-state index contributed by atoms with van der Waals surface area (Å²) in [4.78, 5) is 48.8. The third-order valence-electron chi connectivity index (χ3n) is 4.77. The van der Waals surface area contributed by atoms with Gasteiger partial charge in [-0.1, -0.05) is 42.5 Å². The Labute approximate surface area is 205 Å². The number of nitrogens with one attached hydrogen (secondary N) is 3. The molecule has 3 atom stereocenters. The van der Waals surface area contributed by atoms with E-state index in [0.29, 0.717) is 0 Å². The number of hydrogen-bond donors (Lipinski definition) is 4. The highest BCUT2D eigenvalue weighted by Crippen LogP contribution is 2.10. The van der Waals surface area contributed by atoms with E-state index in [1.54, 1.807) is 19.1 Å². The zero-order valence-corrected chi connectivity index (χ0v) is 20.0. The van der Waals surface area contributed by atoms with Gasteiger partial charge in [-0.05, 0) is 25.3 Å². The first-order chi connectivity index (χ1) is 16.8. The lowest BCUT2D eigenvalue weighted by atomic mass is 9.99. The summed E-state index contributed by atoms with van der Waals surface area (Å²) in [5, 5.41) is 16.7. The van der Waals surface area contributed by atoms with Gasteiger partial charge in [-0.3, -0.25) is 9.59 Å². The molecule has 0 fully saturated rings. The number of allylic oxidation sites excluding steroid dienone is 1. The van der Waals surface area contributed by atoms with Crippen LogP contribution in [0.2, 0.25) is 0 Å². The highest BCUT2D eigenvalue weighted by atomic mass is 16.6. The number of rotatable bonds is 16. The molecule has 10 nitrogen and oxygen atoms in total. The Balaban J connectivity index is 2.45. The molecular weight excluding hydrogens is 454 g/mol. The number of aliphatic hydroxyl groups is 1. The van der Waals surface area contributed by atoms with Crippen LogP contribution in [0.25, 0.3) is 0 Å². The van der Waals surface area contributed by atoms with Crippen molar-refractivity contribution in [3.63, 3.8) is 0 Å². The summed E-state index contributed by atoms with van der Waals surface area (Å²) in [6.07, 6.45) is 2.57. The fraction of sp³-hybridized carbons (Fsp3) is 0.440. The lowest BCUT2D eigenvalue weighted by Gasteiger charge is -2.18. The second-order valence-electron chi connectivity index (χ2n) is 7.82. The maximum Gasteiger partial charge on any atom is 0.408 e. The SMILES string of the molecule is C=CC[C@@H](CC(=O)N[C@H](C)CO)C(=O)NCCOC(=O)[C@@H](CC=C)NC(=O)OCc1ccccc1. The minimum absolute atomic E-state index is 0.0200. The van der Waals surface area contributed by atoms with Gasteiger partial charge in [0, 0.05) is 12.5 Å². The van der Waals surface area contributed by atoms with Crippen molar-refractivity contribution in [2.45, 2.75) is 44.9 Å². The topological polar surface area (TPSA) is 143 Å². The number of carbonyl (C=O) groups is 4. The van der Waals surface area contributed by atoms with E-state index in [-0.39, 0.29) is 51.5 Å². The largest absolute Gasteiger partial charge is 0.462 e. The summed E-state index contributed by atoms with van der Waals surface area (Å²) >= 11 is 0. The van der Waals surface area contributed by atoms with E-state index in [9.17, 15) is 19.2 Å². The van der Waals surface area contributed by atoms with Crippen molar-refractivity contribution in [2.75, 3.05) is 19.8 Å². The number of esters is 1. The van der Waals surface area contributed by atoms with Gasteiger partial charge in [-0.15, -0.1) is 13.2 Å². The molecule has 0 saturated carbocycles. The Kier molecular flexibility index (Phi) is 14.2. The fourth-order valence-corrected chi connectivity index (χ4v) is 2.95. The summed E-state index contributed by atoms with van der Waals surface area (Å²) in [7, 11) is 0. The van der Waals surface area contributed by atoms with Gasteiger partial charge >= 0.3 is 12.1 Å². The molecule has 0 aliphatic carbocycles. The highest BCUT2D eigenvalue weighted by molar-refractivity contribution is 5.86. The standard InChI is InChI=1S/C25H35N3O7/c1-4-9-20(15-22(30)27-18(3)16-29)23(31)26-13-14-34-24(32)21(10-5-2)28-25(33)35-17-19-11-7-6-8-12-19/h4-8,11-12,18,20-21,29H,1-2,9-10,13-17H2,3H3,(H,26,31)(H,27,30)(H,28,33)/t18-,20+,21-/m1/s1. The molecule has 0 heterocycles. The van der Waals surface area contributed by atoms with Crippen LogP contribution in [0.5, 0.6) is 0 Å². The van der Waals surface area contributed by atoms with Gasteiger partial charge < -0.3 is 30.5 Å². The third kappa shape index (κ3) is 12.4. The van der Waals surface area contributed by atoms with Crippen LogP contribution in [-0.4, -0.2) is 60.8 Å². The number of ether oxygens (including phenoxy) is 2. The number of hydrogen-bond acceptors (Lipinski definition) is 7. The Bertz CT molecular complexity index is 845. The van der Waals surface area contributed by atoms with E-state index in [4.69, 9.17) is 14.6 Å². The molecule has 35 heavy (non-hydrogen) atoms. The molecule has 1 aromatic carbocycles. The zero-order chi connectivity index (χ0) is 26.1. The van der Waals surface area contributed by atoms with Crippen molar-refractivity contribution >= 4 is 23.9 Å². The molecule has 0 radical (unpaired) electrons. The minimum atomic E-state index is -0.989. The van der Waals surface area contributed by atoms with Crippen LogP contribution in [0.4, 0.5) is 4.79 Å². The molecule has 0 saturated heterocycles. The van der Waals surface area contributed by atoms with Crippen molar-refractivity contribution < 1.29 is 33.8 Å². The van der Waals surface area contributed by atoms with Gasteiger partial charge in [-0.25, -0.2) is 9.59 Å². The highest BCUT2D eigenvalue weighted by Gasteiger charge is 2.23. The fourth-order valence-electron chi connectivity index (χ4n) is 2.95. The maximum absolute atomic E-state index is 12.4. The van der Waals surface area contributed by atoms with Crippen LogP contribution in [0.15, 0.2) is 55.6 Å². The van der Waals surface area contributed by atoms with Crippen LogP contribution in [0.3, 0.4) is 0 Å². The van der Waals surface area contributed by atoms with E-state index in [2.05, 4.69) is 29.1 Å². The molecule has 192 valence electrons. The molecule has 4 N–H and O–H groups in total. The van der Waals surface area contributed by atoms with Crippen molar-refractivity contribution in [3.8, 4) is 0 Å². The molecule has 0 bridgehead atoms. The van der Waals surface area contributed by atoms with Crippen LogP contribution in [0.1, 0.15) is 31.7 Å². The Morgan fingerprint density at radius 1 is 1.03 bits per heavy atom. The summed E-state index contributed by atoms with van der Waals surface area (Å²) in [5.74, 6) is -2.10. The quantitative estimate of drug-likeness (QED) is 0.157. The van der Waals surface area contributed by atoms with Crippen LogP contribution in [-0.2, 0) is 30.5 Å². The normalized spacial score (nSPS) is 12.9. The van der Waals surface area contributed by atoms with Crippen molar-refractivity contribution in [2.24, 2.45) is 5.92 Å². The summed E-state index contributed by atoms with van der Waals surface area (Å²) in [6, 6.07) is 7.69. The Morgan fingerprint density at radius 3 is 2.34 bits per heavy atom. The first kappa shape index (κ1) is 29.4.